The summed E-state index contributed by atoms with van der Waals surface area (Å²) in [7, 11) is 1.92. The molecule has 1 atom stereocenters. The monoisotopic (exact) mass is 185 g/mol. The summed E-state index contributed by atoms with van der Waals surface area (Å²) in [6.07, 6.45) is 0. The lowest BCUT2D eigenvalue weighted by molar-refractivity contribution is 0.627. The third kappa shape index (κ3) is 2.14. The van der Waals surface area contributed by atoms with Gasteiger partial charge in [-0.3, -0.25) is 0 Å². The zero-order valence-corrected chi connectivity index (χ0v) is 8.05. The van der Waals surface area contributed by atoms with Crippen molar-refractivity contribution in [3.63, 3.8) is 0 Å². The van der Waals surface area contributed by atoms with Crippen molar-refractivity contribution in [3.05, 3.63) is 30.1 Å². The smallest absolute Gasteiger partial charge is 0.123 e. The molecule has 0 heterocycles. The number of hydrogen-bond donors (Lipinski definition) is 1. The second-order valence-electron chi connectivity index (χ2n) is 2.72. The van der Waals surface area contributed by atoms with Gasteiger partial charge in [-0.1, -0.05) is 0 Å². The molecule has 3 heteroatoms. The fourth-order valence-electron chi connectivity index (χ4n) is 0.892. The van der Waals surface area contributed by atoms with Crippen molar-refractivity contribution in [1.29, 1.82) is 0 Å². The molecule has 0 aliphatic carbocycles. The molecule has 0 fully saturated rings. The molecule has 0 saturated heterocycles. The van der Waals surface area contributed by atoms with Gasteiger partial charge in [0.05, 0.1) is 5.37 Å². The van der Waals surface area contributed by atoms with Crippen LogP contribution >= 0.6 is 12.6 Å². The molecular weight excluding hydrogens is 173 g/mol. The fourth-order valence-corrected chi connectivity index (χ4v) is 1.03. The topological polar surface area (TPSA) is 3.24 Å². The molecule has 0 spiro atoms. The Balaban J connectivity index is 2.82. The largest absolute Gasteiger partial charge is 0.363 e. The van der Waals surface area contributed by atoms with Crippen LogP contribution in [0.5, 0.6) is 0 Å². The van der Waals surface area contributed by atoms with Crippen molar-refractivity contribution in [2.45, 2.75) is 12.3 Å². The van der Waals surface area contributed by atoms with Gasteiger partial charge in [0.2, 0.25) is 0 Å². The minimum atomic E-state index is -0.209. The first-order chi connectivity index (χ1) is 5.61. The molecule has 0 amide bonds. The summed E-state index contributed by atoms with van der Waals surface area (Å²) < 4.78 is 12.5. The van der Waals surface area contributed by atoms with E-state index in [4.69, 9.17) is 0 Å². The normalized spacial score (nSPS) is 12.7. The second kappa shape index (κ2) is 3.81. The van der Waals surface area contributed by atoms with E-state index in [1.54, 1.807) is 12.1 Å². The molecule has 1 aromatic carbocycles. The van der Waals surface area contributed by atoms with E-state index in [2.05, 4.69) is 12.6 Å². The van der Waals surface area contributed by atoms with Crippen LogP contribution < -0.4 is 4.90 Å². The molecule has 0 aliphatic rings. The molecule has 0 aromatic heterocycles. The summed E-state index contributed by atoms with van der Waals surface area (Å²) in [5.74, 6) is -0.209. The van der Waals surface area contributed by atoms with Gasteiger partial charge in [0.1, 0.15) is 5.82 Å². The first-order valence-electron chi connectivity index (χ1n) is 3.77. The highest BCUT2D eigenvalue weighted by Crippen LogP contribution is 2.16. The molecule has 66 valence electrons. The number of halogens is 1. The van der Waals surface area contributed by atoms with Crippen molar-refractivity contribution in [3.8, 4) is 0 Å². The van der Waals surface area contributed by atoms with Gasteiger partial charge in [-0.2, -0.15) is 12.6 Å². The Hall–Kier alpha value is -0.700. The number of anilines is 1. The van der Waals surface area contributed by atoms with Gasteiger partial charge < -0.3 is 4.90 Å². The van der Waals surface area contributed by atoms with Gasteiger partial charge in [-0.15, -0.1) is 0 Å². The SMILES string of the molecule is CC(S)N(C)c1ccc(F)cc1. The third-order valence-corrected chi connectivity index (χ3v) is 2.14. The maximum absolute atomic E-state index is 12.5. The van der Waals surface area contributed by atoms with Crippen molar-refractivity contribution in [1.82, 2.24) is 0 Å². The van der Waals surface area contributed by atoms with Crippen LogP contribution in [0.25, 0.3) is 0 Å². The van der Waals surface area contributed by atoms with Gasteiger partial charge in [0, 0.05) is 12.7 Å². The minimum Gasteiger partial charge on any atom is -0.363 e. The summed E-state index contributed by atoms with van der Waals surface area (Å²) in [6, 6.07) is 6.37. The van der Waals surface area contributed by atoms with Gasteiger partial charge >= 0.3 is 0 Å². The van der Waals surface area contributed by atoms with Crippen molar-refractivity contribution < 1.29 is 4.39 Å². The maximum atomic E-state index is 12.5. The molecular formula is C9H12FNS. The summed E-state index contributed by atoms with van der Waals surface area (Å²) in [6.45, 7) is 1.96. The lowest BCUT2D eigenvalue weighted by Crippen LogP contribution is -2.23. The van der Waals surface area contributed by atoms with Crippen LogP contribution in [-0.4, -0.2) is 12.4 Å². The summed E-state index contributed by atoms with van der Waals surface area (Å²) in [5.41, 5.74) is 0.971. The molecule has 0 N–H and O–H groups in total. The summed E-state index contributed by atoms with van der Waals surface area (Å²) in [5, 5.41) is 0.135. The Morgan fingerprint density at radius 3 is 2.25 bits per heavy atom. The van der Waals surface area contributed by atoms with Crippen molar-refractivity contribution in [2.24, 2.45) is 0 Å². The Morgan fingerprint density at radius 2 is 1.83 bits per heavy atom. The van der Waals surface area contributed by atoms with E-state index in [-0.39, 0.29) is 11.2 Å². The van der Waals surface area contributed by atoms with Gasteiger partial charge in [-0.25, -0.2) is 4.39 Å². The zero-order chi connectivity index (χ0) is 9.14. The van der Waals surface area contributed by atoms with Crippen LogP contribution in [-0.2, 0) is 0 Å². The van der Waals surface area contributed by atoms with Gasteiger partial charge in [0.15, 0.2) is 0 Å². The molecule has 1 unspecified atom stereocenters. The van der Waals surface area contributed by atoms with Crippen LogP contribution in [0, 0.1) is 5.82 Å². The fraction of sp³-hybridized carbons (Fsp3) is 0.333. The number of thiol groups is 1. The van der Waals surface area contributed by atoms with E-state index in [1.807, 2.05) is 18.9 Å². The Bertz CT molecular complexity index is 245. The maximum Gasteiger partial charge on any atom is 0.123 e. The highest BCUT2D eigenvalue weighted by molar-refractivity contribution is 7.81. The first kappa shape index (κ1) is 9.39. The summed E-state index contributed by atoms with van der Waals surface area (Å²) in [4.78, 5) is 1.96. The van der Waals surface area contributed by atoms with Crippen LogP contribution in [0.1, 0.15) is 6.92 Å². The van der Waals surface area contributed by atoms with Crippen LogP contribution in [0.4, 0.5) is 10.1 Å². The predicted octanol–water partition coefficient (Wildman–Crippen LogP) is 2.54. The predicted molar refractivity (Wildman–Crippen MR) is 53.3 cm³/mol. The van der Waals surface area contributed by atoms with Crippen molar-refractivity contribution >= 4 is 18.3 Å². The molecule has 1 aromatic rings. The molecule has 0 radical (unpaired) electrons. The number of hydrogen-bond acceptors (Lipinski definition) is 2. The Labute approximate surface area is 77.6 Å². The molecule has 0 saturated carbocycles. The Kier molecular flexibility index (Phi) is 2.98. The van der Waals surface area contributed by atoms with Gasteiger partial charge in [-0.05, 0) is 31.2 Å². The molecule has 1 nitrogen and oxygen atoms in total. The van der Waals surface area contributed by atoms with Crippen molar-refractivity contribution in [2.75, 3.05) is 11.9 Å². The van der Waals surface area contributed by atoms with E-state index < -0.39 is 0 Å². The van der Waals surface area contributed by atoms with E-state index in [0.717, 1.165) is 5.69 Å². The first-order valence-corrected chi connectivity index (χ1v) is 4.29. The van der Waals surface area contributed by atoms with E-state index in [0.29, 0.717) is 0 Å². The molecule has 0 bridgehead atoms. The average molecular weight is 185 g/mol. The number of benzene rings is 1. The zero-order valence-electron chi connectivity index (χ0n) is 7.16. The Morgan fingerprint density at radius 1 is 1.33 bits per heavy atom. The van der Waals surface area contributed by atoms with Crippen LogP contribution in [0.2, 0.25) is 0 Å². The quantitative estimate of drug-likeness (QED) is 0.547. The lowest BCUT2D eigenvalue weighted by atomic mass is 10.3. The van der Waals surface area contributed by atoms with E-state index in [1.165, 1.54) is 12.1 Å². The molecule has 1 rings (SSSR count). The lowest BCUT2D eigenvalue weighted by Gasteiger charge is -2.22. The molecule has 0 aliphatic heterocycles. The van der Waals surface area contributed by atoms with Gasteiger partial charge in [0.25, 0.3) is 0 Å². The average Bonchev–Trinajstić information content (AvgIpc) is 2.04. The second-order valence-corrected chi connectivity index (χ2v) is 3.47. The number of nitrogens with zero attached hydrogens (tertiary/aromatic N) is 1. The minimum absolute atomic E-state index is 0.135. The number of rotatable bonds is 2. The summed E-state index contributed by atoms with van der Waals surface area (Å²) >= 11 is 4.26. The highest BCUT2D eigenvalue weighted by Gasteiger charge is 2.04. The third-order valence-electron chi connectivity index (χ3n) is 1.79. The highest BCUT2D eigenvalue weighted by atomic mass is 32.1. The molecule has 12 heavy (non-hydrogen) atoms. The van der Waals surface area contributed by atoms with Crippen LogP contribution in [0.15, 0.2) is 24.3 Å². The van der Waals surface area contributed by atoms with E-state index in [9.17, 15) is 4.39 Å². The standard InChI is InChI=1S/C9H12FNS/c1-7(12)11(2)9-5-3-8(10)4-6-9/h3-7,12H,1-2H3. The van der Waals surface area contributed by atoms with Crippen LogP contribution in [0.3, 0.4) is 0 Å². The van der Waals surface area contributed by atoms with E-state index >= 15 is 0 Å².